The van der Waals surface area contributed by atoms with E-state index in [-0.39, 0.29) is 0 Å². The fraction of sp³-hybridized carbons (Fsp3) is 0. The maximum atomic E-state index is 9.46. The van der Waals surface area contributed by atoms with Crippen LogP contribution >= 0.6 is 11.6 Å². The zero-order valence-corrected chi connectivity index (χ0v) is 3.33. The van der Waals surface area contributed by atoms with Gasteiger partial charge in [-0.05, 0) is 17.7 Å². The van der Waals surface area contributed by atoms with Crippen molar-refractivity contribution in [3.8, 4) is 0 Å². The SMILES string of the molecule is C=C[13C](=O)Cl. The molecule has 28 valence electrons. The minimum absolute atomic E-state index is 0.509. The van der Waals surface area contributed by atoms with Crippen LogP contribution < -0.4 is 0 Å². The Balaban J connectivity index is 3.20. The number of halogens is 1. The third-order valence-electron chi connectivity index (χ3n) is 0.160. The molecule has 0 saturated heterocycles. The Bertz CT molecular complexity index is 57.9. The van der Waals surface area contributed by atoms with Crippen molar-refractivity contribution in [3.63, 3.8) is 0 Å². The molecule has 1 nitrogen and oxygen atoms in total. The molecular weight excluding hydrogens is 88.5 g/mol. The first-order valence-electron chi connectivity index (χ1n) is 1.09. The number of carbonyl (C=O) groups is 1. The summed E-state index contributed by atoms with van der Waals surface area (Å²) >= 11 is 4.71. The number of hydrogen-bond donors (Lipinski definition) is 0. The highest BCUT2D eigenvalue weighted by atomic mass is 35.5. The Kier molecular flexibility index (Phi) is 1.85. The molecule has 0 aromatic rings. The van der Waals surface area contributed by atoms with Gasteiger partial charge in [-0.3, -0.25) is 4.79 Å². The fourth-order valence-corrected chi connectivity index (χ4v) is 0. The van der Waals surface area contributed by atoms with Gasteiger partial charge in [0.15, 0.2) is 0 Å². The second kappa shape index (κ2) is 1.97. The lowest BCUT2D eigenvalue weighted by Gasteiger charge is -1.59. The lowest BCUT2D eigenvalue weighted by atomic mass is 11.0. The third kappa shape index (κ3) is 3.70. The third-order valence-corrected chi connectivity index (χ3v) is 0.315. The first-order chi connectivity index (χ1) is 2.27. The van der Waals surface area contributed by atoms with Crippen molar-refractivity contribution in [3.05, 3.63) is 12.7 Å². The molecule has 0 aromatic heterocycles. The van der Waals surface area contributed by atoms with Crippen molar-refractivity contribution in [2.75, 3.05) is 0 Å². The van der Waals surface area contributed by atoms with E-state index >= 15 is 0 Å². The van der Waals surface area contributed by atoms with Crippen molar-refractivity contribution in [1.29, 1.82) is 0 Å². The van der Waals surface area contributed by atoms with Crippen LogP contribution in [0.15, 0.2) is 12.7 Å². The Hall–Kier alpha value is -0.300. The van der Waals surface area contributed by atoms with Crippen LogP contribution in [0.4, 0.5) is 0 Å². The second-order valence-corrected chi connectivity index (χ2v) is 0.881. The van der Waals surface area contributed by atoms with Gasteiger partial charge in [0.1, 0.15) is 0 Å². The molecule has 2 heteroatoms. The summed E-state index contributed by atoms with van der Waals surface area (Å²) in [4.78, 5) is 9.46. The van der Waals surface area contributed by atoms with E-state index in [9.17, 15) is 4.79 Å². The Labute approximate surface area is 35.2 Å². The molecule has 0 bridgehead atoms. The van der Waals surface area contributed by atoms with Gasteiger partial charge in [0.05, 0.1) is 0 Å². The van der Waals surface area contributed by atoms with Gasteiger partial charge in [-0.1, -0.05) is 6.58 Å². The van der Waals surface area contributed by atoms with E-state index in [4.69, 9.17) is 11.6 Å². The summed E-state index contributed by atoms with van der Waals surface area (Å²) in [5.74, 6) is 0. The van der Waals surface area contributed by atoms with Crippen LogP contribution in [0.25, 0.3) is 0 Å². The first-order valence-corrected chi connectivity index (χ1v) is 1.47. The maximum Gasteiger partial charge on any atom is 0.244 e. The summed E-state index contributed by atoms with van der Waals surface area (Å²) in [6.07, 6.45) is 1.04. The largest absolute Gasteiger partial charge is 0.276 e. The van der Waals surface area contributed by atoms with Gasteiger partial charge in [-0.15, -0.1) is 0 Å². The van der Waals surface area contributed by atoms with Crippen LogP contribution in [-0.4, -0.2) is 5.24 Å². The van der Waals surface area contributed by atoms with E-state index in [1.54, 1.807) is 0 Å². The average molecular weight is 91.5 g/mol. The van der Waals surface area contributed by atoms with E-state index in [1.165, 1.54) is 0 Å². The smallest absolute Gasteiger partial charge is 0.244 e. The standard InChI is InChI=1S/C3H3ClO/c1-2-3(4)5/h2H,1H2/i3+1. The summed E-state index contributed by atoms with van der Waals surface area (Å²) in [6, 6.07) is 0. The lowest BCUT2D eigenvalue weighted by Crippen LogP contribution is -1.67. The summed E-state index contributed by atoms with van der Waals surface area (Å²) in [5, 5.41) is -0.509. The molecule has 0 fully saturated rings. The van der Waals surface area contributed by atoms with Gasteiger partial charge in [0.2, 0.25) is 5.24 Å². The normalized spacial score (nSPS) is 6.60. The van der Waals surface area contributed by atoms with Gasteiger partial charge in [0, 0.05) is 0 Å². The molecule has 5 heavy (non-hydrogen) atoms. The van der Waals surface area contributed by atoms with E-state index in [0.29, 0.717) is 0 Å². The summed E-state index contributed by atoms with van der Waals surface area (Å²) in [6.45, 7) is 3.08. The molecule has 0 N–H and O–H groups in total. The monoisotopic (exact) mass is 91.0 g/mol. The topological polar surface area (TPSA) is 17.1 Å². The van der Waals surface area contributed by atoms with E-state index in [0.717, 1.165) is 6.08 Å². The van der Waals surface area contributed by atoms with Crippen LogP contribution in [0.2, 0.25) is 0 Å². The Morgan fingerprint density at radius 3 is 2.20 bits per heavy atom. The number of hydrogen-bond acceptors (Lipinski definition) is 1. The average Bonchev–Trinajstić information content (AvgIpc) is 1.38. The van der Waals surface area contributed by atoms with E-state index in [2.05, 4.69) is 6.58 Å². The number of allylic oxidation sites excluding steroid dienone is 1. The zero-order chi connectivity index (χ0) is 4.28. The molecule has 0 unspecified atom stereocenters. The molecular formula is C3H3ClO. The predicted octanol–water partition coefficient (Wildman–Crippen LogP) is 0.938. The van der Waals surface area contributed by atoms with Crippen LogP contribution in [0.3, 0.4) is 0 Å². The van der Waals surface area contributed by atoms with Crippen molar-refractivity contribution in [2.45, 2.75) is 0 Å². The predicted molar refractivity (Wildman–Crippen MR) is 21.1 cm³/mol. The molecule has 0 atom stereocenters. The van der Waals surface area contributed by atoms with Crippen molar-refractivity contribution in [1.82, 2.24) is 0 Å². The van der Waals surface area contributed by atoms with Crippen LogP contribution in [0.5, 0.6) is 0 Å². The van der Waals surface area contributed by atoms with E-state index < -0.39 is 5.24 Å². The van der Waals surface area contributed by atoms with Gasteiger partial charge in [-0.25, -0.2) is 0 Å². The van der Waals surface area contributed by atoms with Gasteiger partial charge in [0.25, 0.3) is 0 Å². The van der Waals surface area contributed by atoms with Gasteiger partial charge >= 0.3 is 0 Å². The van der Waals surface area contributed by atoms with Crippen molar-refractivity contribution < 1.29 is 4.79 Å². The molecule has 0 aromatic carbocycles. The number of carbonyl (C=O) groups excluding carboxylic acids is 1. The molecule has 0 rings (SSSR count). The number of rotatable bonds is 1. The fourth-order valence-electron chi connectivity index (χ4n) is 0. The summed E-state index contributed by atoms with van der Waals surface area (Å²) < 4.78 is 0. The molecule has 0 aliphatic carbocycles. The molecule has 0 aliphatic rings. The molecule has 0 aliphatic heterocycles. The lowest BCUT2D eigenvalue weighted by molar-refractivity contribution is -0.107. The summed E-state index contributed by atoms with van der Waals surface area (Å²) in [7, 11) is 0. The van der Waals surface area contributed by atoms with E-state index in [1.807, 2.05) is 0 Å². The maximum absolute atomic E-state index is 9.46. The molecule has 0 amide bonds. The molecule has 0 heterocycles. The van der Waals surface area contributed by atoms with Crippen LogP contribution in [0.1, 0.15) is 0 Å². The van der Waals surface area contributed by atoms with Crippen molar-refractivity contribution >= 4 is 16.8 Å². The Morgan fingerprint density at radius 2 is 2.20 bits per heavy atom. The molecule has 0 saturated carbocycles. The van der Waals surface area contributed by atoms with Crippen molar-refractivity contribution in [2.24, 2.45) is 0 Å². The minimum Gasteiger partial charge on any atom is -0.276 e. The first kappa shape index (κ1) is 4.70. The highest BCUT2D eigenvalue weighted by Gasteiger charge is 1.74. The second-order valence-electron chi connectivity index (χ2n) is 0.508. The van der Waals surface area contributed by atoms with Gasteiger partial charge < -0.3 is 0 Å². The molecule has 0 radical (unpaired) electrons. The highest BCUT2D eigenvalue weighted by molar-refractivity contribution is 6.66. The van der Waals surface area contributed by atoms with Crippen LogP contribution in [-0.2, 0) is 4.79 Å². The minimum atomic E-state index is -0.509. The zero-order valence-electron chi connectivity index (χ0n) is 2.57. The van der Waals surface area contributed by atoms with Gasteiger partial charge in [-0.2, -0.15) is 0 Å². The highest BCUT2D eigenvalue weighted by Crippen LogP contribution is 1.74. The summed E-state index contributed by atoms with van der Waals surface area (Å²) in [5.41, 5.74) is 0. The molecule has 0 spiro atoms. The Morgan fingerprint density at radius 1 is 2.00 bits per heavy atom. The quantitative estimate of drug-likeness (QED) is 0.267. The van der Waals surface area contributed by atoms with Crippen LogP contribution in [0, 0.1) is 0 Å².